The molecule has 1 aromatic carbocycles. The number of nitrogens with zero attached hydrogens (tertiary/aromatic N) is 2. The van der Waals surface area contributed by atoms with Gasteiger partial charge in [-0.25, -0.2) is 0 Å². The van der Waals surface area contributed by atoms with Gasteiger partial charge < -0.3 is 25.0 Å². The van der Waals surface area contributed by atoms with Crippen LogP contribution in [-0.2, 0) is 4.74 Å². The smallest absolute Gasteiger partial charge is 0.190 e. The molecule has 0 radical (unpaired) electrons. The van der Waals surface area contributed by atoms with Gasteiger partial charge in [0, 0.05) is 57.5 Å². The quantitative estimate of drug-likeness (QED) is 0.320. The average molecular weight is 545 g/mol. The van der Waals surface area contributed by atoms with Crippen molar-refractivity contribution in [3.63, 3.8) is 0 Å². The second kappa shape index (κ2) is 12.1. The van der Waals surface area contributed by atoms with Gasteiger partial charge in [0.25, 0.3) is 0 Å². The molecule has 3 atom stereocenters. The predicted molar refractivity (Wildman–Crippen MR) is 140 cm³/mol. The van der Waals surface area contributed by atoms with Crippen molar-refractivity contribution in [1.82, 2.24) is 10.6 Å². The molecule has 0 amide bonds. The molecule has 2 fully saturated rings. The summed E-state index contributed by atoms with van der Waals surface area (Å²) in [6.45, 7) is 11.7. The predicted octanol–water partition coefficient (Wildman–Crippen LogP) is 4.15. The summed E-state index contributed by atoms with van der Waals surface area (Å²) in [7, 11) is 3.57. The van der Waals surface area contributed by atoms with E-state index < -0.39 is 0 Å². The zero-order valence-electron chi connectivity index (χ0n) is 19.8. The maximum atomic E-state index is 6.12. The highest BCUT2D eigenvalue weighted by molar-refractivity contribution is 14.0. The summed E-state index contributed by atoms with van der Waals surface area (Å²) in [6, 6.07) is 8.34. The van der Waals surface area contributed by atoms with Gasteiger partial charge in [0.2, 0.25) is 0 Å². The van der Waals surface area contributed by atoms with Gasteiger partial charge in [0.05, 0.1) is 13.2 Å². The van der Waals surface area contributed by atoms with E-state index in [1.54, 1.807) is 7.11 Å². The van der Waals surface area contributed by atoms with E-state index in [0.29, 0.717) is 17.9 Å². The Kier molecular flexibility index (Phi) is 10.2. The molecule has 3 unspecified atom stereocenters. The van der Waals surface area contributed by atoms with Crippen LogP contribution in [0.25, 0.3) is 0 Å². The number of anilines is 1. The van der Waals surface area contributed by atoms with Crippen molar-refractivity contribution in [2.75, 3.05) is 51.8 Å². The van der Waals surface area contributed by atoms with E-state index in [1.165, 1.54) is 18.5 Å². The number of methoxy groups -OCH3 is 1. The van der Waals surface area contributed by atoms with Crippen LogP contribution in [0.1, 0.15) is 40.0 Å². The van der Waals surface area contributed by atoms with E-state index in [9.17, 15) is 0 Å². The maximum Gasteiger partial charge on any atom is 0.190 e. The molecule has 176 valence electrons. The molecule has 1 aromatic rings. The summed E-state index contributed by atoms with van der Waals surface area (Å²) < 4.78 is 11.5. The van der Waals surface area contributed by atoms with Crippen molar-refractivity contribution in [3.05, 3.63) is 24.3 Å². The molecule has 2 saturated heterocycles. The van der Waals surface area contributed by atoms with Gasteiger partial charge in [0.15, 0.2) is 5.96 Å². The standard InChI is InChI=1S/C24H40N4O2.HI/c1-24(2,3)22-19(8-7-13-30-22)16-27-23(25-4)26-15-18-11-12-28(17-18)20-9-6-10-21(14-20)29-5;/h6,9-10,14,18-19,22H,7-8,11-13,15-17H2,1-5H3,(H2,25,26,27);1H. The van der Waals surface area contributed by atoms with Gasteiger partial charge in [-0.05, 0) is 42.7 Å². The van der Waals surface area contributed by atoms with E-state index >= 15 is 0 Å². The Balaban J connectivity index is 0.00000341. The SMILES string of the molecule is CN=C(NCC1CCN(c2cccc(OC)c2)C1)NCC1CCCOC1C(C)(C)C.I. The zero-order chi connectivity index (χ0) is 21.6. The number of aliphatic imine (C=N–C) groups is 1. The number of halogens is 1. The van der Waals surface area contributed by atoms with Crippen LogP contribution in [0.15, 0.2) is 29.3 Å². The summed E-state index contributed by atoms with van der Waals surface area (Å²) in [4.78, 5) is 6.89. The second-order valence-corrected chi connectivity index (χ2v) is 9.70. The molecule has 7 heteroatoms. The number of hydrogen-bond donors (Lipinski definition) is 2. The fourth-order valence-corrected chi connectivity index (χ4v) is 4.74. The zero-order valence-corrected chi connectivity index (χ0v) is 22.1. The highest BCUT2D eigenvalue weighted by atomic mass is 127. The minimum Gasteiger partial charge on any atom is -0.497 e. The monoisotopic (exact) mass is 544 g/mol. The molecular formula is C24H41IN4O2. The Hall–Kier alpha value is -1.22. The first kappa shape index (κ1) is 26.0. The third-order valence-electron chi connectivity index (χ3n) is 6.32. The van der Waals surface area contributed by atoms with Crippen molar-refractivity contribution in [2.24, 2.45) is 22.2 Å². The first-order chi connectivity index (χ1) is 14.4. The average Bonchev–Trinajstić information content (AvgIpc) is 3.22. The Labute approximate surface area is 205 Å². The fourth-order valence-electron chi connectivity index (χ4n) is 4.74. The molecule has 0 spiro atoms. The molecular weight excluding hydrogens is 503 g/mol. The Morgan fingerprint density at radius 1 is 1.23 bits per heavy atom. The van der Waals surface area contributed by atoms with E-state index in [0.717, 1.165) is 50.9 Å². The molecule has 3 rings (SSSR count). The summed E-state index contributed by atoms with van der Waals surface area (Å²) in [6.07, 6.45) is 3.84. The van der Waals surface area contributed by atoms with Crippen molar-refractivity contribution in [1.29, 1.82) is 0 Å². The van der Waals surface area contributed by atoms with E-state index in [2.05, 4.69) is 59.5 Å². The minimum atomic E-state index is 0. The van der Waals surface area contributed by atoms with Crippen LogP contribution >= 0.6 is 24.0 Å². The van der Waals surface area contributed by atoms with E-state index in [-0.39, 0.29) is 29.4 Å². The van der Waals surface area contributed by atoms with Gasteiger partial charge in [-0.3, -0.25) is 4.99 Å². The fraction of sp³-hybridized carbons (Fsp3) is 0.708. The van der Waals surface area contributed by atoms with Gasteiger partial charge in [-0.15, -0.1) is 24.0 Å². The molecule has 2 N–H and O–H groups in total. The number of guanidine groups is 1. The highest BCUT2D eigenvalue weighted by Crippen LogP contribution is 2.33. The molecule has 0 bridgehead atoms. The third kappa shape index (κ3) is 7.41. The van der Waals surface area contributed by atoms with Crippen LogP contribution in [0.3, 0.4) is 0 Å². The van der Waals surface area contributed by atoms with Crippen LogP contribution in [0.2, 0.25) is 0 Å². The van der Waals surface area contributed by atoms with Gasteiger partial charge in [0.1, 0.15) is 5.75 Å². The summed E-state index contributed by atoms with van der Waals surface area (Å²) in [5, 5.41) is 7.10. The number of ether oxygens (including phenoxy) is 2. The van der Waals surface area contributed by atoms with Crippen LogP contribution in [0.4, 0.5) is 5.69 Å². The number of nitrogens with one attached hydrogen (secondary N) is 2. The third-order valence-corrected chi connectivity index (χ3v) is 6.32. The van der Waals surface area contributed by atoms with Crippen LogP contribution < -0.4 is 20.3 Å². The summed E-state index contributed by atoms with van der Waals surface area (Å²) in [5.74, 6) is 2.94. The normalized spacial score (nSPS) is 24.5. The lowest BCUT2D eigenvalue weighted by Crippen LogP contribution is -2.48. The summed E-state index contributed by atoms with van der Waals surface area (Å²) >= 11 is 0. The topological polar surface area (TPSA) is 58.1 Å². The molecule has 31 heavy (non-hydrogen) atoms. The minimum absolute atomic E-state index is 0. The van der Waals surface area contributed by atoms with Crippen molar-refractivity contribution in [2.45, 2.75) is 46.1 Å². The van der Waals surface area contributed by atoms with Gasteiger partial charge >= 0.3 is 0 Å². The van der Waals surface area contributed by atoms with Crippen LogP contribution in [0, 0.1) is 17.3 Å². The Morgan fingerprint density at radius 3 is 2.71 bits per heavy atom. The summed E-state index contributed by atoms with van der Waals surface area (Å²) in [5.41, 5.74) is 1.40. The lowest BCUT2D eigenvalue weighted by atomic mass is 9.78. The van der Waals surface area contributed by atoms with Crippen LogP contribution in [-0.4, -0.2) is 59.0 Å². The molecule has 0 aromatic heterocycles. The van der Waals surface area contributed by atoms with Crippen LogP contribution in [0.5, 0.6) is 5.75 Å². The molecule has 0 aliphatic carbocycles. The molecule has 2 aliphatic rings. The highest BCUT2D eigenvalue weighted by Gasteiger charge is 2.35. The van der Waals surface area contributed by atoms with Crippen molar-refractivity contribution < 1.29 is 9.47 Å². The number of hydrogen-bond acceptors (Lipinski definition) is 4. The molecule has 2 aliphatic heterocycles. The molecule has 0 saturated carbocycles. The van der Waals surface area contributed by atoms with E-state index in [1.807, 2.05) is 13.1 Å². The molecule has 2 heterocycles. The Bertz CT molecular complexity index is 707. The Morgan fingerprint density at radius 2 is 2.00 bits per heavy atom. The largest absolute Gasteiger partial charge is 0.497 e. The van der Waals surface area contributed by atoms with Crippen molar-refractivity contribution in [3.8, 4) is 5.75 Å². The first-order valence-electron chi connectivity index (χ1n) is 11.4. The maximum absolute atomic E-state index is 6.12. The number of benzene rings is 1. The van der Waals surface area contributed by atoms with Crippen molar-refractivity contribution >= 4 is 35.6 Å². The van der Waals surface area contributed by atoms with E-state index in [4.69, 9.17) is 9.47 Å². The van der Waals surface area contributed by atoms with Gasteiger partial charge in [-0.2, -0.15) is 0 Å². The molecule has 6 nitrogen and oxygen atoms in total. The lowest BCUT2D eigenvalue weighted by Gasteiger charge is -2.40. The lowest BCUT2D eigenvalue weighted by molar-refractivity contribution is -0.0835. The first-order valence-corrected chi connectivity index (χ1v) is 11.4. The van der Waals surface area contributed by atoms with Gasteiger partial charge in [-0.1, -0.05) is 26.8 Å². The second-order valence-electron chi connectivity index (χ2n) is 9.70. The number of rotatable bonds is 6.